The van der Waals surface area contributed by atoms with Crippen LogP contribution < -0.4 is 0 Å². The van der Waals surface area contributed by atoms with E-state index in [1.807, 2.05) is 0 Å². The van der Waals surface area contributed by atoms with Gasteiger partial charge in [-0.3, -0.25) is 37.3 Å². The van der Waals surface area contributed by atoms with E-state index >= 15 is 0 Å². The molecule has 91 heavy (non-hydrogen) atoms. The highest BCUT2D eigenvalue weighted by Gasteiger charge is 2.30. The molecule has 19 heteroatoms. The van der Waals surface area contributed by atoms with Gasteiger partial charge in [0.2, 0.25) is 0 Å². The lowest BCUT2D eigenvalue weighted by Crippen LogP contribution is -2.30. The molecule has 5 atom stereocenters. The number of phosphoric ester groups is 2. The molecule has 2 unspecified atom stereocenters. The van der Waals surface area contributed by atoms with Crippen molar-refractivity contribution in [2.24, 2.45) is 11.8 Å². The molecule has 0 saturated heterocycles. The summed E-state index contributed by atoms with van der Waals surface area (Å²) in [5.74, 6) is -0.545. The van der Waals surface area contributed by atoms with Gasteiger partial charge in [-0.15, -0.1) is 0 Å². The third-order valence-electron chi connectivity index (χ3n) is 16.7. The quantitative estimate of drug-likeness (QED) is 0.0222. The van der Waals surface area contributed by atoms with Crippen LogP contribution in [0.2, 0.25) is 0 Å². The highest BCUT2D eigenvalue weighted by atomic mass is 31.2. The first kappa shape index (κ1) is 89.1. The Labute approximate surface area is 556 Å². The summed E-state index contributed by atoms with van der Waals surface area (Å²) in [5, 5.41) is 10.6. The third-order valence-corrected chi connectivity index (χ3v) is 18.6. The average Bonchev–Trinajstić information content (AvgIpc) is 3.44. The van der Waals surface area contributed by atoms with Crippen molar-refractivity contribution in [1.82, 2.24) is 0 Å². The molecule has 540 valence electrons. The fourth-order valence-corrected chi connectivity index (χ4v) is 12.5. The van der Waals surface area contributed by atoms with Crippen LogP contribution in [-0.4, -0.2) is 96.7 Å². The second kappa shape index (κ2) is 64.1. The molecule has 0 radical (unpaired) electrons. The molecule has 0 aromatic carbocycles. The van der Waals surface area contributed by atoms with Crippen molar-refractivity contribution in [2.75, 3.05) is 39.6 Å². The predicted molar refractivity (Wildman–Crippen MR) is 368 cm³/mol. The van der Waals surface area contributed by atoms with Gasteiger partial charge in [-0.2, -0.15) is 0 Å². The Morgan fingerprint density at radius 1 is 0.297 bits per heavy atom. The highest BCUT2D eigenvalue weighted by Crippen LogP contribution is 2.45. The summed E-state index contributed by atoms with van der Waals surface area (Å²) in [5.41, 5.74) is 0. The fraction of sp³-hybridized carbons (Fsp3) is 0.944. The van der Waals surface area contributed by atoms with Crippen molar-refractivity contribution in [3.8, 4) is 0 Å². The number of hydrogen-bond donors (Lipinski definition) is 3. The molecule has 0 aromatic heterocycles. The zero-order valence-corrected chi connectivity index (χ0v) is 60.9. The molecule has 3 N–H and O–H groups in total. The number of rotatable bonds is 71. The van der Waals surface area contributed by atoms with Gasteiger partial charge in [0, 0.05) is 25.7 Å². The number of hydrogen-bond acceptors (Lipinski definition) is 15. The lowest BCUT2D eigenvalue weighted by molar-refractivity contribution is -0.161. The molecule has 0 amide bonds. The smallest absolute Gasteiger partial charge is 0.462 e. The van der Waals surface area contributed by atoms with Crippen LogP contribution >= 0.6 is 15.6 Å². The van der Waals surface area contributed by atoms with Crippen molar-refractivity contribution in [3.63, 3.8) is 0 Å². The molecular formula is C72H140O17P2. The van der Waals surface area contributed by atoms with Gasteiger partial charge < -0.3 is 33.8 Å². The first-order valence-electron chi connectivity index (χ1n) is 37.5. The molecule has 0 fully saturated rings. The second-order valence-electron chi connectivity index (χ2n) is 26.9. The van der Waals surface area contributed by atoms with E-state index in [0.717, 1.165) is 115 Å². The van der Waals surface area contributed by atoms with E-state index in [4.69, 9.17) is 37.0 Å². The van der Waals surface area contributed by atoms with Gasteiger partial charge in [0.1, 0.15) is 19.3 Å². The molecule has 0 rings (SSSR count). The van der Waals surface area contributed by atoms with Crippen molar-refractivity contribution in [2.45, 2.75) is 387 Å². The molecule has 0 aromatic rings. The van der Waals surface area contributed by atoms with Gasteiger partial charge >= 0.3 is 39.5 Å². The lowest BCUT2D eigenvalue weighted by atomic mass is 10.0. The Hall–Kier alpha value is -1.94. The lowest BCUT2D eigenvalue weighted by Gasteiger charge is -2.21. The molecular weight excluding hydrogens is 1200 g/mol. The Balaban J connectivity index is 5.18. The van der Waals surface area contributed by atoms with Crippen LogP contribution in [0.5, 0.6) is 0 Å². The molecule has 0 bridgehead atoms. The van der Waals surface area contributed by atoms with Gasteiger partial charge in [0.25, 0.3) is 0 Å². The Morgan fingerprint density at radius 2 is 0.505 bits per heavy atom. The summed E-state index contributed by atoms with van der Waals surface area (Å²) in [6.45, 7) is 9.56. The molecule has 0 spiro atoms. The van der Waals surface area contributed by atoms with Gasteiger partial charge in [-0.05, 0) is 37.5 Å². The number of phosphoric acid groups is 2. The van der Waals surface area contributed by atoms with E-state index in [1.165, 1.54) is 173 Å². The minimum atomic E-state index is -4.95. The van der Waals surface area contributed by atoms with Gasteiger partial charge in [0.15, 0.2) is 12.2 Å². The summed E-state index contributed by atoms with van der Waals surface area (Å²) in [6.07, 6.45) is 50.0. The van der Waals surface area contributed by atoms with E-state index < -0.39 is 97.5 Å². The van der Waals surface area contributed by atoms with Crippen molar-refractivity contribution in [1.29, 1.82) is 0 Å². The van der Waals surface area contributed by atoms with Crippen LogP contribution in [0.3, 0.4) is 0 Å². The van der Waals surface area contributed by atoms with Crippen LogP contribution in [0.1, 0.15) is 369 Å². The molecule has 0 aliphatic carbocycles. The Morgan fingerprint density at radius 3 is 0.747 bits per heavy atom. The molecule has 0 aliphatic rings. The van der Waals surface area contributed by atoms with Crippen molar-refractivity contribution in [3.05, 3.63) is 0 Å². The van der Waals surface area contributed by atoms with Crippen molar-refractivity contribution >= 4 is 39.5 Å². The van der Waals surface area contributed by atoms with E-state index in [2.05, 4.69) is 41.5 Å². The van der Waals surface area contributed by atoms with Gasteiger partial charge in [-0.1, -0.05) is 318 Å². The molecule has 0 saturated carbocycles. The fourth-order valence-electron chi connectivity index (χ4n) is 10.9. The number of carbonyl (C=O) groups is 4. The first-order chi connectivity index (χ1) is 43.9. The standard InChI is InChI=1S/C72H140O17P2/c1-7-9-11-13-15-16-24-32-38-44-50-56-71(76)88-67(60-82-69(74)54-48-42-34-14-12-10-8-2)62-86-90(78,79)84-58-66(73)59-85-91(80,81)87-63-68(61-83-70(75)55-49-43-37-31-28-23-26-30-36-41-47-53-65(5)6)89-72(77)57-51-45-39-33-27-22-20-18-17-19-21-25-29-35-40-46-52-64(3)4/h64-68,73H,7-63H2,1-6H3,(H,78,79)(H,80,81)/t66-,67+,68+/m0/s1. The minimum absolute atomic E-state index is 0.107. The summed E-state index contributed by atoms with van der Waals surface area (Å²) < 4.78 is 68.2. The topological polar surface area (TPSA) is 237 Å². The molecule has 17 nitrogen and oxygen atoms in total. The zero-order valence-electron chi connectivity index (χ0n) is 59.1. The Kier molecular flexibility index (Phi) is 62.7. The van der Waals surface area contributed by atoms with Crippen LogP contribution in [0.25, 0.3) is 0 Å². The van der Waals surface area contributed by atoms with Crippen LogP contribution in [0, 0.1) is 11.8 Å². The van der Waals surface area contributed by atoms with Crippen molar-refractivity contribution < 1.29 is 80.2 Å². The normalized spacial score (nSPS) is 14.1. The molecule has 0 aliphatic heterocycles. The van der Waals surface area contributed by atoms with Gasteiger partial charge in [0.05, 0.1) is 26.4 Å². The largest absolute Gasteiger partial charge is 0.472 e. The highest BCUT2D eigenvalue weighted by molar-refractivity contribution is 7.47. The summed E-state index contributed by atoms with van der Waals surface area (Å²) in [6, 6.07) is 0. The van der Waals surface area contributed by atoms with Crippen LogP contribution in [0.15, 0.2) is 0 Å². The summed E-state index contributed by atoms with van der Waals surface area (Å²) in [4.78, 5) is 72.5. The first-order valence-corrected chi connectivity index (χ1v) is 40.5. The van der Waals surface area contributed by atoms with Gasteiger partial charge in [-0.25, -0.2) is 9.13 Å². The number of aliphatic hydroxyl groups is 1. The summed E-state index contributed by atoms with van der Waals surface area (Å²) >= 11 is 0. The number of aliphatic hydroxyl groups excluding tert-OH is 1. The number of ether oxygens (including phenoxy) is 4. The van der Waals surface area contributed by atoms with Crippen LogP contribution in [-0.2, 0) is 65.4 Å². The zero-order chi connectivity index (χ0) is 67.2. The monoisotopic (exact) mass is 1340 g/mol. The van der Waals surface area contributed by atoms with E-state index in [0.29, 0.717) is 25.7 Å². The van der Waals surface area contributed by atoms with Crippen LogP contribution in [0.4, 0.5) is 0 Å². The SMILES string of the molecule is CCCCCCCCCCCCCC(=O)O[C@H](COC(=O)CCCCCCCCC)COP(=O)(O)OC[C@H](O)COP(=O)(O)OC[C@@H](COC(=O)CCCCCCCCCCCCCC(C)C)OC(=O)CCCCCCCCCCCCCCCCCCC(C)C. The van der Waals surface area contributed by atoms with E-state index in [1.54, 1.807) is 0 Å². The maximum absolute atomic E-state index is 13.0. The summed E-state index contributed by atoms with van der Waals surface area (Å²) in [7, 11) is -9.90. The van der Waals surface area contributed by atoms with E-state index in [9.17, 15) is 43.2 Å². The Bertz CT molecular complexity index is 1770. The van der Waals surface area contributed by atoms with E-state index in [-0.39, 0.29) is 25.7 Å². The number of carbonyl (C=O) groups excluding carboxylic acids is 4. The second-order valence-corrected chi connectivity index (χ2v) is 29.8. The predicted octanol–water partition coefficient (Wildman–Crippen LogP) is 20.8. The maximum Gasteiger partial charge on any atom is 0.472 e. The average molecular weight is 1340 g/mol. The number of esters is 4. The number of unbranched alkanes of at least 4 members (excludes halogenated alkanes) is 41. The minimum Gasteiger partial charge on any atom is -0.462 e. The maximum atomic E-state index is 13.0. The molecule has 0 heterocycles. The third kappa shape index (κ3) is 66.5.